The number of nitrogens with one attached hydrogen (secondary N) is 1. The van der Waals surface area contributed by atoms with Gasteiger partial charge in [0.15, 0.2) is 5.76 Å². The Bertz CT molecular complexity index is 925. The zero-order valence-electron chi connectivity index (χ0n) is 16.2. The van der Waals surface area contributed by atoms with Crippen LogP contribution in [0.1, 0.15) is 35.5 Å². The van der Waals surface area contributed by atoms with Crippen LogP contribution in [0.5, 0.6) is 11.5 Å². The fourth-order valence-corrected chi connectivity index (χ4v) is 2.95. The molecule has 27 heavy (non-hydrogen) atoms. The summed E-state index contributed by atoms with van der Waals surface area (Å²) in [6.45, 7) is 6.41. The molecular formula is C22H25NO4. The molecule has 0 radical (unpaired) electrons. The minimum atomic E-state index is -0.206. The van der Waals surface area contributed by atoms with Crippen LogP contribution < -0.4 is 14.8 Å². The largest absolute Gasteiger partial charge is 0.497 e. The molecule has 0 bridgehead atoms. The Labute approximate surface area is 159 Å². The molecule has 0 aliphatic rings. The molecule has 5 nitrogen and oxygen atoms in total. The fraction of sp³-hybridized carbons (Fsp3) is 0.318. The molecular weight excluding hydrogens is 342 g/mol. The van der Waals surface area contributed by atoms with Gasteiger partial charge in [0.1, 0.15) is 17.1 Å². The van der Waals surface area contributed by atoms with E-state index in [1.54, 1.807) is 7.11 Å². The highest BCUT2D eigenvalue weighted by atomic mass is 16.5. The molecule has 1 amide bonds. The van der Waals surface area contributed by atoms with Gasteiger partial charge in [0, 0.05) is 17.5 Å². The molecule has 0 saturated carbocycles. The highest BCUT2D eigenvalue weighted by molar-refractivity contribution is 5.99. The Balaban J connectivity index is 1.61. The third-order valence-electron chi connectivity index (χ3n) is 4.34. The van der Waals surface area contributed by atoms with Crippen LogP contribution in [-0.2, 0) is 6.42 Å². The molecule has 2 aromatic carbocycles. The number of hydrogen-bond acceptors (Lipinski definition) is 4. The molecule has 5 heteroatoms. The maximum atomic E-state index is 12.5. The zero-order chi connectivity index (χ0) is 19.4. The van der Waals surface area contributed by atoms with Gasteiger partial charge in [-0.05, 0) is 63.1 Å². The molecule has 1 heterocycles. The van der Waals surface area contributed by atoms with E-state index < -0.39 is 0 Å². The lowest BCUT2D eigenvalue weighted by Gasteiger charge is -2.10. The van der Waals surface area contributed by atoms with E-state index in [1.165, 1.54) is 0 Å². The number of methoxy groups -OCH3 is 1. The molecule has 0 atom stereocenters. The van der Waals surface area contributed by atoms with Gasteiger partial charge < -0.3 is 19.2 Å². The highest BCUT2D eigenvalue weighted by Gasteiger charge is 2.17. The summed E-state index contributed by atoms with van der Waals surface area (Å²) in [5, 5.41) is 3.82. The van der Waals surface area contributed by atoms with E-state index in [0.29, 0.717) is 17.9 Å². The maximum Gasteiger partial charge on any atom is 0.287 e. The van der Waals surface area contributed by atoms with E-state index >= 15 is 0 Å². The second-order valence-corrected chi connectivity index (χ2v) is 6.73. The van der Waals surface area contributed by atoms with Gasteiger partial charge in [-0.2, -0.15) is 0 Å². The molecule has 0 unspecified atom stereocenters. The highest BCUT2D eigenvalue weighted by Crippen LogP contribution is 2.28. The van der Waals surface area contributed by atoms with Crippen LogP contribution in [0.3, 0.4) is 0 Å². The Morgan fingerprint density at radius 3 is 2.48 bits per heavy atom. The molecule has 0 saturated heterocycles. The summed E-state index contributed by atoms with van der Waals surface area (Å²) in [5.74, 6) is 1.73. The van der Waals surface area contributed by atoms with Gasteiger partial charge in [-0.3, -0.25) is 4.79 Å². The number of carbonyl (C=O) groups is 1. The van der Waals surface area contributed by atoms with Gasteiger partial charge in [-0.25, -0.2) is 0 Å². The normalized spacial score (nSPS) is 11.0. The number of carbonyl (C=O) groups excluding carboxylic acids is 1. The van der Waals surface area contributed by atoms with Crippen molar-refractivity contribution in [2.45, 2.75) is 33.3 Å². The molecule has 142 valence electrons. The SMILES string of the molecule is COc1ccc2oc(C(=O)NCCc3ccc(OC(C)C)cc3)c(C)c2c1. The van der Waals surface area contributed by atoms with Crippen LogP contribution in [0.25, 0.3) is 11.0 Å². The average molecular weight is 367 g/mol. The first kappa shape index (κ1) is 18.8. The molecule has 1 N–H and O–H groups in total. The number of ether oxygens (including phenoxy) is 2. The number of benzene rings is 2. The van der Waals surface area contributed by atoms with Crippen molar-refractivity contribution in [3.8, 4) is 11.5 Å². The first-order valence-electron chi connectivity index (χ1n) is 9.09. The summed E-state index contributed by atoms with van der Waals surface area (Å²) < 4.78 is 16.6. The van der Waals surface area contributed by atoms with Gasteiger partial charge in [0.05, 0.1) is 13.2 Å². The molecule has 3 rings (SSSR count). The van der Waals surface area contributed by atoms with Gasteiger partial charge in [0.25, 0.3) is 5.91 Å². The topological polar surface area (TPSA) is 60.7 Å². The van der Waals surface area contributed by atoms with Crippen molar-refractivity contribution < 1.29 is 18.7 Å². The molecule has 0 aliphatic heterocycles. The van der Waals surface area contributed by atoms with Crippen molar-refractivity contribution in [1.29, 1.82) is 0 Å². The van der Waals surface area contributed by atoms with Crippen LogP contribution in [-0.4, -0.2) is 25.7 Å². The summed E-state index contributed by atoms with van der Waals surface area (Å²) in [4.78, 5) is 12.5. The summed E-state index contributed by atoms with van der Waals surface area (Å²) >= 11 is 0. The molecule has 0 fully saturated rings. The summed E-state index contributed by atoms with van der Waals surface area (Å²) in [5.41, 5.74) is 2.63. The van der Waals surface area contributed by atoms with Gasteiger partial charge in [0.2, 0.25) is 0 Å². The quantitative estimate of drug-likeness (QED) is 0.667. The summed E-state index contributed by atoms with van der Waals surface area (Å²) in [7, 11) is 1.62. The predicted octanol–water partition coefficient (Wildman–Crippen LogP) is 4.51. The first-order valence-corrected chi connectivity index (χ1v) is 9.09. The fourth-order valence-electron chi connectivity index (χ4n) is 2.95. The molecule has 3 aromatic rings. The second kappa shape index (κ2) is 8.16. The molecule has 1 aromatic heterocycles. The zero-order valence-corrected chi connectivity index (χ0v) is 16.2. The lowest BCUT2D eigenvalue weighted by atomic mass is 10.1. The summed E-state index contributed by atoms with van der Waals surface area (Å²) in [6, 6.07) is 13.5. The predicted molar refractivity (Wildman–Crippen MR) is 106 cm³/mol. The number of amides is 1. The Hall–Kier alpha value is -2.95. The summed E-state index contributed by atoms with van der Waals surface area (Å²) in [6.07, 6.45) is 0.892. The van der Waals surface area contributed by atoms with Crippen molar-refractivity contribution in [3.63, 3.8) is 0 Å². The smallest absolute Gasteiger partial charge is 0.287 e. The van der Waals surface area contributed by atoms with Crippen molar-refractivity contribution in [2.24, 2.45) is 0 Å². The van der Waals surface area contributed by atoms with Gasteiger partial charge in [-0.15, -0.1) is 0 Å². The second-order valence-electron chi connectivity index (χ2n) is 6.73. The van der Waals surface area contributed by atoms with E-state index in [4.69, 9.17) is 13.9 Å². The number of fused-ring (bicyclic) bond motifs is 1. The van der Waals surface area contributed by atoms with Crippen LogP contribution in [0.4, 0.5) is 0 Å². The molecule has 0 aliphatic carbocycles. The Morgan fingerprint density at radius 1 is 1.11 bits per heavy atom. The van der Waals surface area contributed by atoms with Crippen molar-refractivity contribution >= 4 is 16.9 Å². The number of hydrogen-bond donors (Lipinski definition) is 1. The Morgan fingerprint density at radius 2 is 1.81 bits per heavy atom. The molecule has 0 spiro atoms. The van der Waals surface area contributed by atoms with Crippen LogP contribution in [0.2, 0.25) is 0 Å². The Kier molecular flexibility index (Phi) is 5.69. The third-order valence-corrected chi connectivity index (χ3v) is 4.34. The van der Waals surface area contributed by atoms with E-state index in [1.807, 2.05) is 63.2 Å². The average Bonchev–Trinajstić information content (AvgIpc) is 2.99. The first-order chi connectivity index (χ1) is 13.0. The maximum absolute atomic E-state index is 12.5. The van der Waals surface area contributed by atoms with Crippen LogP contribution in [0, 0.1) is 6.92 Å². The van der Waals surface area contributed by atoms with Crippen LogP contribution >= 0.6 is 0 Å². The number of rotatable bonds is 7. The standard InChI is InChI=1S/C22H25NO4/c1-14(2)26-17-7-5-16(6-8-17)11-12-23-22(24)21-15(3)19-13-18(25-4)9-10-20(19)27-21/h5-10,13-14H,11-12H2,1-4H3,(H,23,24). The van der Waals surface area contributed by atoms with E-state index in [2.05, 4.69) is 5.32 Å². The van der Waals surface area contributed by atoms with E-state index in [0.717, 1.165) is 34.4 Å². The van der Waals surface area contributed by atoms with E-state index in [9.17, 15) is 4.79 Å². The van der Waals surface area contributed by atoms with Gasteiger partial charge >= 0.3 is 0 Å². The van der Waals surface area contributed by atoms with E-state index in [-0.39, 0.29) is 12.0 Å². The lowest BCUT2D eigenvalue weighted by molar-refractivity contribution is 0.0927. The minimum absolute atomic E-state index is 0.155. The van der Waals surface area contributed by atoms with Crippen molar-refractivity contribution in [2.75, 3.05) is 13.7 Å². The van der Waals surface area contributed by atoms with Gasteiger partial charge in [-0.1, -0.05) is 12.1 Å². The number of furan rings is 1. The number of aryl methyl sites for hydroxylation is 1. The monoisotopic (exact) mass is 367 g/mol. The van der Waals surface area contributed by atoms with Crippen molar-refractivity contribution in [3.05, 3.63) is 59.4 Å². The van der Waals surface area contributed by atoms with Crippen molar-refractivity contribution in [1.82, 2.24) is 5.32 Å². The lowest BCUT2D eigenvalue weighted by Crippen LogP contribution is -2.25. The third kappa shape index (κ3) is 4.42. The minimum Gasteiger partial charge on any atom is -0.497 e. The van der Waals surface area contributed by atoms with Crippen LogP contribution in [0.15, 0.2) is 46.9 Å².